The van der Waals surface area contributed by atoms with Crippen LogP contribution in [0.1, 0.15) is 41.3 Å². The van der Waals surface area contributed by atoms with Crippen molar-refractivity contribution in [3.63, 3.8) is 0 Å². The van der Waals surface area contributed by atoms with Crippen molar-refractivity contribution in [2.75, 3.05) is 12.3 Å². The molecule has 26 heavy (non-hydrogen) atoms. The Hall–Kier alpha value is -1.93. The lowest BCUT2D eigenvalue weighted by atomic mass is 10.2. The Balaban J connectivity index is 1.98. The van der Waals surface area contributed by atoms with E-state index in [1.165, 1.54) is 17.8 Å². The van der Waals surface area contributed by atoms with Crippen LogP contribution in [0.5, 0.6) is 0 Å². The third-order valence-corrected chi connectivity index (χ3v) is 5.62. The van der Waals surface area contributed by atoms with Gasteiger partial charge in [-0.15, -0.1) is 23.1 Å². The summed E-state index contributed by atoms with van der Waals surface area (Å²) >= 11 is 3.03. The predicted molar refractivity (Wildman–Crippen MR) is 106 cm³/mol. The maximum Gasteiger partial charge on any atom is 0.283 e. The molecule has 0 aliphatic heterocycles. The molecule has 0 unspecified atom stereocenters. The molecule has 0 aliphatic rings. The fourth-order valence-corrected chi connectivity index (χ4v) is 4.16. The Bertz CT molecular complexity index is 775. The highest BCUT2D eigenvalue weighted by molar-refractivity contribution is 7.99. The fourth-order valence-electron chi connectivity index (χ4n) is 2.26. The molecule has 0 atom stereocenters. The number of hydrogen-bond donors (Lipinski definition) is 1. The van der Waals surface area contributed by atoms with Gasteiger partial charge in [0, 0.05) is 30.0 Å². The molecular formula is C18H23N3O3S2. The van der Waals surface area contributed by atoms with Crippen LogP contribution in [-0.4, -0.2) is 28.1 Å². The molecule has 1 aromatic carbocycles. The highest BCUT2D eigenvalue weighted by Crippen LogP contribution is 2.31. The van der Waals surface area contributed by atoms with Crippen LogP contribution in [-0.2, 0) is 6.42 Å². The number of aryl methyl sites for hydroxylation is 1. The van der Waals surface area contributed by atoms with Crippen molar-refractivity contribution in [1.29, 1.82) is 0 Å². The minimum atomic E-state index is -0.424. The monoisotopic (exact) mass is 393 g/mol. The smallest absolute Gasteiger partial charge is 0.283 e. The Kier molecular flexibility index (Phi) is 7.59. The van der Waals surface area contributed by atoms with Crippen LogP contribution in [0.4, 0.5) is 5.69 Å². The zero-order chi connectivity index (χ0) is 19.1. The summed E-state index contributed by atoms with van der Waals surface area (Å²) < 4.78 is 0. The Morgan fingerprint density at radius 2 is 2.19 bits per heavy atom. The third-order valence-electron chi connectivity index (χ3n) is 3.70. The third kappa shape index (κ3) is 6.10. The van der Waals surface area contributed by atoms with Crippen LogP contribution >= 0.6 is 23.1 Å². The first-order valence-corrected chi connectivity index (χ1v) is 10.3. The number of nitrogens with one attached hydrogen (secondary N) is 1. The zero-order valence-electron chi connectivity index (χ0n) is 15.2. The van der Waals surface area contributed by atoms with Crippen LogP contribution in [0, 0.1) is 23.0 Å². The molecule has 6 nitrogen and oxygen atoms in total. The number of carbonyl (C=O) groups excluding carboxylic acids is 1. The number of hydrogen-bond acceptors (Lipinski definition) is 6. The number of rotatable bonds is 9. The van der Waals surface area contributed by atoms with Crippen molar-refractivity contribution in [2.24, 2.45) is 5.92 Å². The lowest BCUT2D eigenvalue weighted by Crippen LogP contribution is -2.25. The molecule has 0 bridgehead atoms. The first-order chi connectivity index (χ1) is 12.4. The molecule has 0 saturated carbocycles. The Morgan fingerprint density at radius 3 is 2.81 bits per heavy atom. The summed E-state index contributed by atoms with van der Waals surface area (Å²) in [7, 11) is 0. The number of thioether (sulfide) groups is 1. The van der Waals surface area contributed by atoms with Gasteiger partial charge in [0.15, 0.2) is 0 Å². The van der Waals surface area contributed by atoms with Crippen molar-refractivity contribution in [3.8, 4) is 0 Å². The summed E-state index contributed by atoms with van der Waals surface area (Å²) in [6, 6.07) is 4.68. The van der Waals surface area contributed by atoms with Gasteiger partial charge in [0.1, 0.15) is 0 Å². The first kappa shape index (κ1) is 20.4. The van der Waals surface area contributed by atoms with Gasteiger partial charge < -0.3 is 5.32 Å². The average Bonchev–Trinajstić information content (AvgIpc) is 2.99. The van der Waals surface area contributed by atoms with Crippen LogP contribution in [0.2, 0.25) is 0 Å². The van der Waals surface area contributed by atoms with Gasteiger partial charge >= 0.3 is 0 Å². The van der Waals surface area contributed by atoms with Gasteiger partial charge in [-0.2, -0.15) is 0 Å². The molecule has 0 aliphatic carbocycles. The van der Waals surface area contributed by atoms with Gasteiger partial charge in [0.2, 0.25) is 0 Å². The first-order valence-electron chi connectivity index (χ1n) is 8.47. The number of amides is 1. The van der Waals surface area contributed by atoms with E-state index in [9.17, 15) is 14.9 Å². The van der Waals surface area contributed by atoms with E-state index >= 15 is 0 Å². The van der Waals surface area contributed by atoms with Gasteiger partial charge in [0.25, 0.3) is 11.6 Å². The van der Waals surface area contributed by atoms with Gasteiger partial charge in [-0.25, -0.2) is 4.98 Å². The number of nitro groups is 1. The van der Waals surface area contributed by atoms with Crippen molar-refractivity contribution in [3.05, 3.63) is 50.0 Å². The summed E-state index contributed by atoms with van der Waals surface area (Å²) in [5.74, 6) is 1.06. The van der Waals surface area contributed by atoms with E-state index in [4.69, 9.17) is 0 Å². The molecule has 1 aromatic heterocycles. The number of thiazole rings is 1. The number of nitro benzene ring substituents is 1. The molecule has 1 amide bonds. The average molecular weight is 394 g/mol. The number of nitrogens with zero attached hydrogens (tertiary/aromatic N) is 2. The number of benzene rings is 1. The summed E-state index contributed by atoms with van der Waals surface area (Å²) in [4.78, 5) is 28.1. The van der Waals surface area contributed by atoms with Gasteiger partial charge in [0.05, 0.1) is 20.5 Å². The molecule has 8 heteroatoms. The van der Waals surface area contributed by atoms with Crippen molar-refractivity contribution in [1.82, 2.24) is 10.3 Å². The molecule has 1 heterocycles. The fraction of sp³-hybridized carbons (Fsp3) is 0.444. The lowest BCUT2D eigenvalue weighted by Gasteiger charge is -2.08. The van der Waals surface area contributed by atoms with Crippen LogP contribution < -0.4 is 5.32 Å². The molecule has 0 saturated heterocycles. The molecule has 0 spiro atoms. The van der Waals surface area contributed by atoms with Gasteiger partial charge in [-0.3, -0.25) is 14.9 Å². The molecule has 140 valence electrons. The standard InChI is InChI=1S/C18H23N3O3S2/c1-12(2)7-9-25-17-5-4-14(10-16(17)21(23)24)18(22)19-8-6-15-11-26-13(3)20-15/h4-5,10-12H,6-9H2,1-3H3,(H,19,22). The SMILES string of the molecule is Cc1nc(CCNC(=O)c2ccc(SCCC(C)C)c([N+](=O)[O-])c2)cs1. The topological polar surface area (TPSA) is 85.1 Å². The summed E-state index contributed by atoms with van der Waals surface area (Å²) in [6.07, 6.45) is 1.63. The largest absolute Gasteiger partial charge is 0.352 e. The Morgan fingerprint density at radius 1 is 1.42 bits per heavy atom. The van der Waals surface area contributed by atoms with E-state index in [2.05, 4.69) is 24.1 Å². The maximum absolute atomic E-state index is 12.3. The minimum absolute atomic E-state index is 0.0125. The van der Waals surface area contributed by atoms with Crippen LogP contribution in [0.25, 0.3) is 0 Å². The second-order valence-electron chi connectivity index (χ2n) is 6.33. The number of aromatic nitrogens is 1. The minimum Gasteiger partial charge on any atom is -0.352 e. The normalized spacial score (nSPS) is 10.9. The molecular weight excluding hydrogens is 370 g/mol. The van der Waals surface area contributed by atoms with Crippen LogP contribution in [0.3, 0.4) is 0 Å². The maximum atomic E-state index is 12.3. The number of carbonyl (C=O) groups is 1. The van der Waals surface area contributed by atoms with E-state index in [1.54, 1.807) is 23.5 Å². The zero-order valence-corrected chi connectivity index (χ0v) is 16.8. The molecule has 0 fully saturated rings. The van der Waals surface area contributed by atoms with Gasteiger partial charge in [-0.05, 0) is 37.1 Å². The van der Waals surface area contributed by atoms with Gasteiger partial charge in [-0.1, -0.05) is 13.8 Å². The molecule has 1 N–H and O–H groups in total. The highest BCUT2D eigenvalue weighted by Gasteiger charge is 2.18. The Labute approximate surface area is 161 Å². The summed E-state index contributed by atoms with van der Waals surface area (Å²) in [5, 5.41) is 17.1. The lowest BCUT2D eigenvalue weighted by molar-refractivity contribution is -0.387. The predicted octanol–water partition coefficient (Wildman–Crippen LogP) is 4.47. The van der Waals surface area contributed by atoms with Crippen molar-refractivity contribution in [2.45, 2.75) is 38.5 Å². The molecule has 0 radical (unpaired) electrons. The van der Waals surface area contributed by atoms with Crippen LogP contribution in [0.15, 0.2) is 28.5 Å². The highest BCUT2D eigenvalue weighted by atomic mass is 32.2. The van der Waals surface area contributed by atoms with E-state index in [0.717, 1.165) is 22.9 Å². The second kappa shape index (κ2) is 9.68. The quantitative estimate of drug-likeness (QED) is 0.386. The summed E-state index contributed by atoms with van der Waals surface area (Å²) in [5.41, 5.74) is 1.23. The van der Waals surface area contributed by atoms with E-state index in [1.807, 2.05) is 12.3 Å². The van der Waals surface area contributed by atoms with E-state index in [-0.39, 0.29) is 11.6 Å². The molecule has 2 aromatic rings. The van der Waals surface area contributed by atoms with Crippen molar-refractivity contribution < 1.29 is 9.72 Å². The summed E-state index contributed by atoms with van der Waals surface area (Å²) in [6.45, 7) is 6.62. The second-order valence-corrected chi connectivity index (χ2v) is 8.53. The van der Waals surface area contributed by atoms with E-state index in [0.29, 0.717) is 29.3 Å². The van der Waals surface area contributed by atoms with Crippen molar-refractivity contribution >= 4 is 34.7 Å². The molecule has 2 rings (SSSR count). The van der Waals surface area contributed by atoms with E-state index < -0.39 is 4.92 Å².